The van der Waals surface area contributed by atoms with E-state index in [0.29, 0.717) is 42.6 Å². The standard InChI is InChI=1S/C28H35N3O7/c1-27(2,13-15-35-21-7-9-22(10-8-21)36-18-26(32)33)31-28(12-4-5-14-38-28)30-20-6-11-23(24(16-20)34-3)25-17-29-19-37-25/h6-11,16-17,19,30-31H,4-5,12-15,18H2,1-3H3,(H,32,33). The van der Waals surface area contributed by atoms with Crippen molar-refractivity contribution in [3.63, 3.8) is 0 Å². The van der Waals surface area contributed by atoms with E-state index in [1.165, 1.54) is 6.39 Å². The number of nitrogens with zero attached hydrogens (tertiary/aromatic N) is 1. The molecule has 1 aliphatic heterocycles. The maximum absolute atomic E-state index is 10.6. The molecular formula is C28H35N3O7. The number of methoxy groups -OCH3 is 1. The predicted molar refractivity (Wildman–Crippen MR) is 142 cm³/mol. The summed E-state index contributed by atoms with van der Waals surface area (Å²) in [5.74, 6) is 0.711. The zero-order chi connectivity index (χ0) is 27.0. The van der Waals surface area contributed by atoms with E-state index >= 15 is 0 Å². The molecule has 0 radical (unpaired) electrons. The SMILES string of the molecule is COc1cc(NC2(NC(C)(C)CCOc3ccc(OCC(=O)O)cc3)CCCCO2)ccc1-c1cnco1. The molecule has 1 fully saturated rings. The predicted octanol–water partition coefficient (Wildman–Crippen LogP) is 4.92. The van der Waals surface area contributed by atoms with Crippen molar-refractivity contribution in [3.05, 3.63) is 55.1 Å². The van der Waals surface area contributed by atoms with E-state index in [1.807, 2.05) is 18.2 Å². The number of aromatic nitrogens is 1. The average molecular weight is 526 g/mol. The summed E-state index contributed by atoms with van der Waals surface area (Å²) in [4.78, 5) is 14.6. The molecule has 1 saturated heterocycles. The number of hydrogen-bond donors (Lipinski definition) is 3. The number of rotatable bonds is 13. The molecule has 10 heteroatoms. The highest BCUT2D eigenvalue weighted by atomic mass is 16.5. The monoisotopic (exact) mass is 525 g/mol. The van der Waals surface area contributed by atoms with Crippen molar-refractivity contribution in [2.45, 2.75) is 50.9 Å². The largest absolute Gasteiger partial charge is 0.496 e. The van der Waals surface area contributed by atoms with Crippen LogP contribution in [0.3, 0.4) is 0 Å². The molecular weight excluding hydrogens is 490 g/mol. The number of benzene rings is 2. The summed E-state index contributed by atoms with van der Waals surface area (Å²) in [7, 11) is 1.63. The van der Waals surface area contributed by atoms with E-state index in [1.54, 1.807) is 37.6 Å². The molecule has 4 rings (SSSR count). The Bertz CT molecular complexity index is 1170. The summed E-state index contributed by atoms with van der Waals surface area (Å²) in [6, 6.07) is 12.8. The molecule has 0 aliphatic carbocycles. The molecule has 1 aromatic heterocycles. The topological polar surface area (TPSA) is 124 Å². The fraction of sp³-hybridized carbons (Fsp3) is 0.429. The molecule has 2 aromatic carbocycles. The number of carbonyl (C=O) groups is 1. The number of carboxylic acids is 1. The molecule has 0 saturated carbocycles. The van der Waals surface area contributed by atoms with Crippen LogP contribution in [0.15, 0.2) is 59.5 Å². The van der Waals surface area contributed by atoms with Gasteiger partial charge in [-0.2, -0.15) is 0 Å². The number of aliphatic carboxylic acids is 1. The maximum atomic E-state index is 10.6. The lowest BCUT2D eigenvalue weighted by molar-refractivity contribution is -0.139. The normalized spacial score (nSPS) is 17.6. The summed E-state index contributed by atoms with van der Waals surface area (Å²) >= 11 is 0. The van der Waals surface area contributed by atoms with Crippen LogP contribution in [-0.2, 0) is 9.53 Å². The minimum absolute atomic E-state index is 0.321. The van der Waals surface area contributed by atoms with Gasteiger partial charge in [0, 0.05) is 23.7 Å². The quantitative estimate of drug-likeness (QED) is 0.265. The van der Waals surface area contributed by atoms with Gasteiger partial charge in [-0.05, 0) is 69.5 Å². The molecule has 1 aliphatic rings. The van der Waals surface area contributed by atoms with Gasteiger partial charge in [-0.1, -0.05) is 0 Å². The van der Waals surface area contributed by atoms with Crippen LogP contribution in [0.1, 0.15) is 39.5 Å². The molecule has 3 N–H and O–H groups in total. The third-order valence-electron chi connectivity index (χ3n) is 6.24. The van der Waals surface area contributed by atoms with Crippen LogP contribution in [0.5, 0.6) is 17.2 Å². The highest BCUT2D eigenvalue weighted by Crippen LogP contribution is 2.35. The Hall–Kier alpha value is -3.76. The molecule has 1 unspecified atom stereocenters. The van der Waals surface area contributed by atoms with Crippen molar-refractivity contribution in [1.29, 1.82) is 0 Å². The Morgan fingerprint density at radius 3 is 2.53 bits per heavy atom. The Morgan fingerprint density at radius 2 is 1.89 bits per heavy atom. The van der Waals surface area contributed by atoms with E-state index < -0.39 is 11.8 Å². The smallest absolute Gasteiger partial charge is 0.341 e. The minimum atomic E-state index is -1.02. The minimum Gasteiger partial charge on any atom is -0.496 e. The lowest BCUT2D eigenvalue weighted by atomic mass is 9.98. The second-order valence-corrected chi connectivity index (χ2v) is 9.80. The molecule has 0 amide bonds. The third kappa shape index (κ3) is 7.39. The molecule has 204 valence electrons. The Labute approximate surface area is 222 Å². The second-order valence-electron chi connectivity index (χ2n) is 9.80. The summed E-state index contributed by atoms with van der Waals surface area (Å²) in [6.07, 6.45) is 6.59. The van der Waals surface area contributed by atoms with E-state index in [4.69, 9.17) is 28.5 Å². The summed E-state index contributed by atoms with van der Waals surface area (Å²) in [5.41, 5.74) is 1.36. The van der Waals surface area contributed by atoms with Gasteiger partial charge in [0.2, 0.25) is 0 Å². The fourth-order valence-electron chi connectivity index (χ4n) is 4.39. The van der Waals surface area contributed by atoms with Gasteiger partial charge in [0.05, 0.1) is 32.1 Å². The zero-order valence-corrected chi connectivity index (χ0v) is 22.0. The number of anilines is 1. The van der Waals surface area contributed by atoms with Crippen LogP contribution in [0.4, 0.5) is 5.69 Å². The van der Waals surface area contributed by atoms with Crippen LogP contribution >= 0.6 is 0 Å². The van der Waals surface area contributed by atoms with Gasteiger partial charge in [0.1, 0.15) is 17.2 Å². The van der Waals surface area contributed by atoms with E-state index in [0.717, 1.165) is 30.5 Å². The van der Waals surface area contributed by atoms with Crippen molar-refractivity contribution >= 4 is 11.7 Å². The fourth-order valence-corrected chi connectivity index (χ4v) is 4.39. The molecule has 38 heavy (non-hydrogen) atoms. The lowest BCUT2D eigenvalue weighted by Gasteiger charge is -2.44. The van der Waals surface area contributed by atoms with Gasteiger partial charge < -0.3 is 33.8 Å². The summed E-state index contributed by atoms with van der Waals surface area (Å²) in [6.45, 7) is 4.99. The molecule has 2 heterocycles. The highest BCUT2D eigenvalue weighted by Gasteiger charge is 2.38. The van der Waals surface area contributed by atoms with Crippen molar-refractivity contribution in [2.24, 2.45) is 0 Å². The van der Waals surface area contributed by atoms with Gasteiger partial charge in [-0.15, -0.1) is 0 Å². The Kier molecular flexibility index (Phi) is 8.75. The number of oxazole rings is 1. The number of nitrogens with one attached hydrogen (secondary N) is 2. The molecule has 0 spiro atoms. The first-order chi connectivity index (χ1) is 18.3. The van der Waals surface area contributed by atoms with E-state index in [2.05, 4.69) is 29.5 Å². The van der Waals surface area contributed by atoms with Crippen molar-refractivity contribution in [3.8, 4) is 28.6 Å². The van der Waals surface area contributed by atoms with Gasteiger partial charge in [0.25, 0.3) is 0 Å². The van der Waals surface area contributed by atoms with Gasteiger partial charge in [-0.25, -0.2) is 9.78 Å². The lowest BCUT2D eigenvalue weighted by Crippen LogP contribution is -2.62. The summed E-state index contributed by atoms with van der Waals surface area (Å²) < 4.78 is 28.5. The van der Waals surface area contributed by atoms with Crippen LogP contribution in [0.2, 0.25) is 0 Å². The molecule has 3 aromatic rings. The van der Waals surface area contributed by atoms with Crippen molar-refractivity contribution in [1.82, 2.24) is 10.3 Å². The number of hydrogen-bond acceptors (Lipinski definition) is 9. The van der Waals surface area contributed by atoms with Crippen molar-refractivity contribution < 1.29 is 33.3 Å². The van der Waals surface area contributed by atoms with E-state index in [-0.39, 0.29) is 12.1 Å². The highest BCUT2D eigenvalue weighted by molar-refractivity contribution is 5.69. The van der Waals surface area contributed by atoms with Crippen LogP contribution in [0, 0.1) is 0 Å². The molecule has 0 bridgehead atoms. The third-order valence-corrected chi connectivity index (χ3v) is 6.24. The number of ether oxygens (including phenoxy) is 4. The molecule has 1 atom stereocenters. The second kappa shape index (κ2) is 12.2. The van der Waals surface area contributed by atoms with E-state index in [9.17, 15) is 4.79 Å². The average Bonchev–Trinajstić information content (AvgIpc) is 3.43. The van der Waals surface area contributed by atoms with Gasteiger partial charge in [-0.3, -0.25) is 5.32 Å². The van der Waals surface area contributed by atoms with Gasteiger partial charge >= 0.3 is 5.97 Å². The summed E-state index contributed by atoms with van der Waals surface area (Å²) in [5, 5.41) is 16.0. The van der Waals surface area contributed by atoms with Gasteiger partial charge in [0.15, 0.2) is 24.6 Å². The van der Waals surface area contributed by atoms with Crippen molar-refractivity contribution in [2.75, 3.05) is 32.2 Å². The molecule has 10 nitrogen and oxygen atoms in total. The first kappa shape index (κ1) is 27.3. The van der Waals surface area contributed by atoms with Crippen LogP contribution in [0.25, 0.3) is 11.3 Å². The van der Waals surface area contributed by atoms with Crippen LogP contribution < -0.4 is 24.8 Å². The maximum Gasteiger partial charge on any atom is 0.341 e. The number of carboxylic acid groups (broad SMARTS) is 1. The Morgan fingerprint density at radius 1 is 1.13 bits per heavy atom. The first-order valence-corrected chi connectivity index (χ1v) is 12.6. The first-order valence-electron chi connectivity index (χ1n) is 12.6. The zero-order valence-electron chi connectivity index (χ0n) is 22.0. The van der Waals surface area contributed by atoms with Crippen LogP contribution in [-0.4, -0.2) is 54.4 Å². The Balaban J connectivity index is 1.38.